The maximum absolute atomic E-state index is 12.1. The first-order valence-corrected chi connectivity index (χ1v) is 8.30. The lowest BCUT2D eigenvalue weighted by Crippen LogP contribution is -2.31. The van der Waals surface area contributed by atoms with Crippen LogP contribution in [0.5, 0.6) is 5.88 Å². The van der Waals surface area contributed by atoms with E-state index in [0.29, 0.717) is 22.0 Å². The van der Waals surface area contributed by atoms with Crippen LogP contribution in [0.3, 0.4) is 0 Å². The Kier molecular flexibility index (Phi) is 6.36. The number of rotatable bonds is 6. The van der Waals surface area contributed by atoms with E-state index in [1.54, 1.807) is 18.2 Å². The molecule has 1 aromatic carbocycles. The fourth-order valence-corrected chi connectivity index (χ4v) is 2.91. The number of ether oxygens (including phenoxy) is 1. The van der Waals surface area contributed by atoms with Crippen molar-refractivity contribution in [1.82, 2.24) is 13.6 Å². The minimum atomic E-state index is -0.920. The first-order valence-electron chi connectivity index (χ1n) is 6.82. The zero-order valence-electron chi connectivity index (χ0n) is 12.5. The van der Waals surface area contributed by atoms with Gasteiger partial charge >= 0.3 is 12.1 Å². The average Bonchev–Trinajstić information content (AvgIpc) is 2.94. The summed E-state index contributed by atoms with van der Waals surface area (Å²) in [5.41, 5.74) is 0.716. The van der Waals surface area contributed by atoms with Gasteiger partial charge in [-0.3, -0.25) is 4.79 Å². The average molecular weight is 390 g/mol. The molecule has 1 heterocycles. The zero-order chi connectivity index (χ0) is 17.7. The second kappa shape index (κ2) is 8.27. The van der Waals surface area contributed by atoms with E-state index in [-0.39, 0.29) is 24.5 Å². The van der Waals surface area contributed by atoms with Crippen LogP contribution in [0.15, 0.2) is 18.2 Å². The van der Waals surface area contributed by atoms with Crippen LogP contribution in [0, 0.1) is 0 Å². The summed E-state index contributed by atoms with van der Waals surface area (Å²) in [6, 6.07) is 4.98. The van der Waals surface area contributed by atoms with Gasteiger partial charge in [-0.25, -0.2) is 4.79 Å². The lowest BCUT2D eigenvalue weighted by molar-refractivity contribution is -0.137. The molecule has 7 nitrogen and oxygen atoms in total. The molecule has 1 N–H and O–H groups in total. The van der Waals surface area contributed by atoms with E-state index >= 15 is 0 Å². The number of hydrogen-bond donors (Lipinski definition) is 1. The normalized spacial score (nSPS) is 10.5. The predicted octanol–water partition coefficient (Wildman–Crippen LogP) is 3.81. The number of hydrogen-bond acceptors (Lipinski definition) is 6. The molecule has 0 saturated carbocycles. The predicted molar refractivity (Wildman–Crippen MR) is 90.9 cm³/mol. The largest absolute Gasteiger partial charge is 0.481 e. The fourth-order valence-electron chi connectivity index (χ4n) is 1.84. The van der Waals surface area contributed by atoms with E-state index in [1.165, 1.54) is 11.9 Å². The van der Waals surface area contributed by atoms with Gasteiger partial charge in [0.15, 0.2) is 5.69 Å². The van der Waals surface area contributed by atoms with Crippen molar-refractivity contribution in [3.05, 3.63) is 28.2 Å². The Balaban J connectivity index is 2.11. The molecule has 0 aliphatic carbocycles. The van der Waals surface area contributed by atoms with Gasteiger partial charge in [0.2, 0.25) is 0 Å². The SMILES string of the molecule is CN(CCCC(=O)O)C(=O)Oc1nsnc1-c1c(Cl)cccc1Cl. The maximum Gasteiger partial charge on any atom is 0.416 e. The molecule has 0 unspecified atom stereocenters. The molecule has 10 heteroatoms. The summed E-state index contributed by atoms with van der Waals surface area (Å²) < 4.78 is 13.3. The van der Waals surface area contributed by atoms with E-state index in [0.717, 1.165) is 11.7 Å². The van der Waals surface area contributed by atoms with Gasteiger partial charge in [-0.2, -0.15) is 4.37 Å². The van der Waals surface area contributed by atoms with Crippen LogP contribution in [-0.2, 0) is 4.79 Å². The highest BCUT2D eigenvalue weighted by molar-refractivity contribution is 6.99. The van der Waals surface area contributed by atoms with Gasteiger partial charge in [-0.05, 0) is 18.6 Å². The van der Waals surface area contributed by atoms with Crippen molar-refractivity contribution >= 4 is 47.0 Å². The van der Waals surface area contributed by atoms with Crippen LogP contribution in [0.1, 0.15) is 12.8 Å². The summed E-state index contributed by atoms with van der Waals surface area (Å²) in [7, 11) is 1.51. The number of halogens is 2. The quantitative estimate of drug-likeness (QED) is 0.807. The van der Waals surface area contributed by atoms with Crippen molar-refractivity contribution in [2.75, 3.05) is 13.6 Å². The Morgan fingerprint density at radius 2 is 1.96 bits per heavy atom. The van der Waals surface area contributed by atoms with Gasteiger partial charge in [0.25, 0.3) is 5.88 Å². The molecule has 0 aliphatic heterocycles. The molecule has 0 radical (unpaired) electrons. The third kappa shape index (κ3) is 4.56. The highest BCUT2D eigenvalue weighted by Crippen LogP contribution is 2.38. The van der Waals surface area contributed by atoms with E-state index in [2.05, 4.69) is 8.75 Å². The molecule has 128 valence electrons. The summed E-state index contributed by atoms with van der Waals surface area (Å²) in [5.74, 6) is -0.916. The Morgan fingerprint density at radius 1 is 1.29 bits per heavy atom. The number of carbonyl (C=O) groups excluding carboxylic acids is 1. The molecule has 0 saturated heterocycles. The van der Waals surface area contributed by atoms with E-state index in [9.17, 15) is 9.59 Å². The van der Waals surface area contributed by atoms with Gasteiger partial charge in [0.05, 0.1) is 21.8 Å². The van der Waals surface area contributed by atoms with Crippen LogP contribution >= 0.6 is 34.9 Å². The van der Waals surface area contributed by atoms with Crippen molar-refractivity contribution in [3.63, 3.8) is 0 Å². The van der Waals surface area contributed by atoms with Gasteiger partial charge in [-0.1, -0.05) is 29.3 Å². The molecule has 0 bridgehead atoms. The summed E-state index contributed by atoms with van der Waals surface area (Å²) in [4.78, 5) is 23.8. The molecule has 24 heavy (non-hydrogen) atoms. The molecule has 0 atom stereocenters. The van der Waals surface area contributed by atoms with E-state index < -0.39 is 12.1 Å². The number of aliphatic carboxylic acids is 1. The standard InChI is InChI=1S/C14H13Cl2N3O4S/c1-19(7-3-6-10(20)21)14(22)23-13-12(17-24-18-13)11-8(15)4-2-5-9(11)16/h2,4-5H,3,6-7H2,1H3,(H,20,21). The second-order valence-electron chi connectivity index (χ2n) is 4.80. The molecular formula is C14H13Cl2N3O4S. The summed E-state index contributed by atoms with van der Waals surface area (Å²) in [5, 5.41) is 9.34. The van der Waals surface area contributed by atoms with E-state index in [4.69, 9.17) is 33.0 Å². The molecule has 1 amide bonds. The molecule has 0 aliphatic rings. The van der Waals surface area contributed by atoms with Crippen LogP contribution in [0.25, 0.3) is 11.3 Å². The van der Waals surface area contributed by atoms with Crippen molar-refractivity contribution in [2.45, 2.75) is 12.8 Å². The van der Waals surface area contributed by atoms with Crippen LogP contribution < -0.4 is 4.74 Å². The second-order valence-corrected chi connectivity index (χ2v) is 6.14. The Labute approximate surface area is 152 Å². The van der Waals surface area contributed by atoms with E-state index in [1.807, 2.05) is 0 Å². The lowest BCUT2D eigenvalue weighted by Gasteiger charge is -2.15. The maximum atomic E-state index is 12.1. The number of carboxylic acids is 1. The van der Waals surface area contributed by atoms with Crippen molar-refractivity contribution in [1.29, 1.82) is 0 Å². The van der Waals surface area contributed by atoms with Crippen LogP contribution in [0.2, 0.25) is 10.0 Å². The van der Waals surface area contributed by atoms with Crippen LogP contribution in [-0.4, -0.2) is 44.4 Å². The highest BCUT2D eigenvalue weighted by atomic mass is 35.5. The zero-order valence-corrected chi connectivity index (χ0v) is 14.9. The number of carboxylic acid groups (broad SMARTS) is 1. The Hall–Kier alpha value is -1.90. The van der Waals surface area contributed by atoms with Crippen molar-refractivity contribution < 1.29 is 19.4 Å². The number of benzene rings is 1. The van der Waals surface area contributed by atoms with Crippen LogP contribution in [0.4, 0.5) is 4.79 Å². The van der Waals surface area contributed by atoms with Gasteiger partial charge < -0.3 is 14.7 Å². The minimum Gasteiger partial charge on any atom is -0.481 e. The third-order valence-corrected chi connectivity index (χ3v) is 4.18. The first-order chi connectivity index (χ1) is 11.4. The summed E-state index contributed by atoms with van der Waals surface area (Å²) >= 11 is 13.1. The van der Waals surface area contributed by atoms with Crippen molar-refractivity contribution in [2.24, 2.45) is 0 Å². The molecule has 2 rings (SSSR count). The fraction of sp³-hybridized carbons (Fsp3) is 0.286. The molecule has 1 aromatic heterocycles. The number of carbonyl (C=O) groups is 2. The summed E-state index contributed by atoms with van der Waals surface area (Å²) in [6.45, 7) is 0.241. The van der Waals surface area contributed by atoms with Gasteiger partial charge in [0, 0.05) is 25.6 Å². The summed E-state index contributed by atoms with van der Waals surface area (Å²) in [6.07, 6.45) is -0.381. The number of nitrogens with zero attached hydrogens (tertiary/aromatic N) is 3. The Morgan fingerprint density at radius 3 is 2.58 bits per heavy atom. The smallest absolute Gasteiger partial charge is 0.416 e. The number of aromatic nitrogens is 2. The Bertz CT molecular complexity index is 733. The minimum absolute atomic E-state index is 0.00471. The molecule has 0 fully saturated rings. The van der Waals surface area contributed by atoms with Gasteiger partial charge in [0.1, 0.15) is 0 Å². The highest BCUT2D eigenvalue weighted by Gasteiger charge is 2.21. The lowest BCUT2D eigenvalue weighted by atomic mass is 10.1. The number of amides is 1. The first kappa shape index (κ1) is 18.4. The monoisotopic (exact) mass is 389 g/mol. The van der Waals surface area contributed by atoms with Gasteiger partial charge in [-0.15, -0.1) is 4.37 Å². The molecular weight excluding hydrogens is 377 g/mol. The topological polar surface area (TPSA) is 92.6 Å². The molecule has 2 aromatic rings. The third-order valence-electron chi connectivity index (χ3n) is 3.04. The van der Waals surface area contributed by atoms with Crippen molar-refractivity contribution in [3.8, 4) is 17.1 Å². The molecule has 0 spiro atoms.